The van der Waals surface area contributed by atoms with Gasteiger partial charge in [-0.2, -0.15) is 18.3 Å². The van der Waals surface area contributed by atoms with Gasteiger partial charge in [-0.05, 0) is 31.2 Å². The second-order valence-corrected chi connectivity index (χ2v) is 6.60. The first kappa shape index (κ1) is 15.5. The van der Waals surface area contributed by atoms with E-state index in [1.807, 2.05) is 17.5 Å². The van der Waals surface area contributed by atoms with E-state index in [4.69, 9.17) is 4.74 Å². The Morgan fingerprint density at radius 3 is 2.86 bits per heavy atom. The van der Waals surface area contributed by atoms with E-state index in [1.54, 1.807) is 6.92 Å². The smallest absolute Gasteiger partial charge is 0.367 e. The van der Waals surface area contributed by atoms with Gasteiger partial charge in [0.05, 0.1) is 0 Å². The molecule has 22 heavy (non-hydrogen) atoms. The molecular weight excluding hydrogens is 315 g/mol. The maximum absolute atomic E-state index is 12.8. The van der Waals surface area contributed by atoms with E-state index >= 15 is 0 Å². The van der Waals surface area contributed by atoms with Crippen molar-refractivity contribution in [1.82, 2.24) is 14.8 Å². The van der Waals surface area contributed by atoms with E-state index in [0.29, 0.717) is 25.3 Å². The van der Waals surface area contributed by atoms with Gasteiger partial charge in [-0.3, -0.25) is 0 Å². The monoisotopic (exact) mass is 331 g/mol. The Kier molecular flexibility index (Phi) is 3.98. The van der Waals surface area contributed by atoms with Gasteiger partial charge in [0.25, 0.3) is 0 Å². The summed E-state index contributed by atoms with van der Waals surface area (Å²) in [4.78, 5) is 5.38. The summed E-state index contributed by atoms with van der Waals surface area (Å²) in [6, 6.07) is 3.82. The number of aromatic nitrogens is 3. The number of hydrogen-bond donors (Lipinski definition) is 0. The number of halogens is 3. The molecule has 0 saturated carbocycles. The largest absolute Gasteiger partial charge is 0.408 e. The molecule has 1 atom stereocenters. The van der Waals surface area contributed by atoms with Gasteiger partial charge in [-0.25, -0.2) is 9.67 Å². The summed E-state index contributed by atoms with van der Waals surface area (Å²) in [5.41, 5.74) is -0.786. The van der Waals surface area contributed by atoms with Gasteiger partial charge >= 0.3 is 6.18 Å². The minimum absolute atomic E-state index is 0.272. The fourth-order valence-corrected chi connectivity index (χ4v) is 3.36. The fourth-order valence-electron chi connectivity index (χ4n) is 2.66. The minimum Gasteiger partial charge on any atom is -0.367 e. The zero-order chi connectivity index (χ0) is 15.8. The van der Waals surface area contributed by atoms with Gasteiger partial charge in [-0.15, -0.1) is 11.3 Å². The molecule has 1 aliphatic heterocycles. The third-order valence-corrected chi connectivity index (χ3v) is 4.53. The zero-order valence-corrected chi connectivity index (χ0v) is 12.9. The molecule has 0 aliphatic carbocycles. The van der Waals surface area contributed by atoms with Gasteiger partial charge in [0.15, 0.2) is 11.6 Å². The van der Waals surface area contributed by atoms with Crippen LogP contribution in [0.25, 0.3) is 0 Å². The average molecular weight is 331 g/mol. The molecular formula is C14H16F3N3OS. The van der Waals surface area contributed by atoms with E-state index in [1.165, 1.54) is 11.3 Å². The Balaban J connectivity index is 1.93. The molecule has 0 aromatic carbocycles. The first-order valence-corrected chi connectivity index (χ1v) is 7.91. The summed E-state index contributed by atoms with van der Waals surface area (Å²) in [6.45, 7) is 1.18. The molecule has 3 rings (SSSR count). The van der Waals surface area contributed by atoms with E-state index < -0.39 is 18.3 Å². The molecule has 0 spiro atoms. The molecule has 8 heteroatoms. The maximum Gasteiger partial charge on any atom is 0.408 e. The molecule has 1 fully saturated rings. The first-order chi connectivity index (χ1) is 10.4. The van der Waals surface area contributed by atoms with Crippen LogP contribution < -0.4 is 0 Å². The van der Waals surface area contributed by atoms with Crippen molar-refractivity contribution in [2.24, 2.45) is 0 Å². The molecule has 120 valence electrons. The van der Waals surface area contributed by atoms with E-state index in [-0.39, 0.29) is 5.82 Å². The number of nitrogens with zero attached hydrogens (tertiary/aromatic N) is 3. The Hall–Kier alpha value is -1.41. The molecule has 3 heterocycles. The van der Waals surface area contributed by atoms with Crippen LogP contribution in [0.1, 0.15) is 36.3 Å². The number of thiophene rings is 1. The van der Waals surface area contributed by atoms with Crippen molar-refractivity contribution < 1.29 is 17.9 Å². The highest BCUT2D eigenvalue weighted by molar-refractivity contribution is 7.09. The van der Waals surface area contributed by atoms with Gasteiger partial charge in [-0.1, -0.05) is 6.07 Å². The highest BCUT2D eigenvalue weighted by Gasteiger charge is 2.40. The van der Waals surface area contributed by atoms with Gasteiger partial charge in [0.2, 0.25) is 0 Å². The predicted molar refractivity (Wildman–Crippen MR) is 75.7 cm³/mol. The van der Waals surface area contributed by atoms with Crippen LogP contribution in [0.15, 0.2) is 17.5 Å². The fraction of sp³-hybridized carbons (Fsp3) is 0.571. The summed E-state index contributed by atoms with van der Waals surface area (Å²) in [5.74, 6) is 0.673. The molecule has 2 aromatic rings. The van der Waals surface area contributed by atoms with Crippen LogP contribution in [0.3, 0.4) is 0 Å². The summed E-state index contributed by atoms with van der Waals surface area (Å²) in [7, 11) is 0. The summed E-state index contributed by atoms with van der Waals surface area (Å²) < 4.78 is 45.0. The molecule has 0 bridgehead atoms. The first-order valence-electron chi connectivity index (χ1n) is 7.03. The van der Waals surface area contributed by atoms with Crippen LogP contribution in [-0.4, -0.2) is 27.5 Å². The lowest BCUT2D eigenvalue weighted by molar-refractivity contribution is -0.144. The van der Waals surface area contributed by atoms with E-state index in [0.717, 1.165) is 16.0 Å². The predicted octanol–water partition coefficient (Wildman–Crippen LogP) is 3.52. The molecule has 0 amide bonds. The van der Waals surface area contributed by atoms with Crippen LogP contribution >= 0.6 is 11.3 Å². The molecule has 4 nitrogen and oxygen atoms in total. The van der Waals surface area contributed by atoms with Gasteiger partial charge in [0, 0.05) is 17.9 Å². The van der Waals surface area contributed by atoms with E-state index in [2.05, 4.69) is 10.1 Å². The van der Waals surface area contributed by atoms with Crippen LogP contribution in [-0.2, 0) is 23.3 Å². The second kappa shape index (κ2) is 5.66. The molecule has 0 unspecified atom stereocenters. The summed E-state index contributed by atoms with van der Waals surface area (Å²) >= 11 is 1.53. The van der Waals surface area contributed by atoms with Crippen LogP contribution in [0, 0.1) is 0 Å². The number of alkyl halides is 3. The third-order valence-electron chi connectivity index (χ3n) is 3.65. The van der Waals surface area contributed by atoms with Crippen molar-refractivity contribution in [3.8, 4) is 0 Å². The third kappa shape index (κ3) is 3.33. The van der Waals surface area contributed by atoms with Crippen molar-refractivity contribution in [2.75, 3.05) is 6.61 Å². The summed E-state index contributed by atoms with van der Waals surface area (Å²) in [5, 5.41) is 5.99. The highest BCUT2D eigenvalue weighted by Crippen LogP contribution is 2.35. The van der Waals surface area contributed by atoms with Crippen LogP contribution in [0.4, 0.5) is 13.2 Å². The number of hydrogen-bond acceptors (Lipinski definition) is 4. The van der Waals surface area contributed by atoms with Crippen molar-refractivity contribution in [2.45, 2.75) is 44.5 Å². The lowest BCUT2D eigenvalue weighted by Gasteiger charge is -2.22. The van der Waals surface area contributed by atoms with Crippen molar-refractivity contribution >= 4 is 11.3 Å². The van der Waals surface area contributed by atoms with Crippen LogP contribution in [0.2, 0.25) is 0 Å². The molecule has 0 N–H and O–H groups in total. The molecule has 0 radical (unpaired) electrons. The van der Waals surface area contributed by atoms with Crippen molar-refractivity contribution in [1.29, 1.82) is 0 Å². The molecule has 1 saturated heterocycles. The Bertz CT molecular complexity index is 630. The zero-order valence-electron chi connectivity index (χ0n) is 12.1. The lowest BCUT2D eigenvalue weighted by atomic mass is 10.0. The Morgan fingerprint density at radius 2 is 2.27 bits per heavy atom. The topological polar surface area (TPSA) is 39.9 Å². The molecule has 2 aromatic heterocycles. The van der Waals surface area contributed by atoms with Gasteiger partial charge < -0.3 is 4.74 Å². The lowest BCUT2D eigenvalue weighted by Crippen LogP contribution is -2.29. The Morgan fingerprint density at radius 1 is 1.45 bits per heavy atom. The normalized spacial score (nSPS) is 22.4. The number of rotatable bonds is 4. The van der Waals surface area contributed by atoms with Crippen LogP contribution in [0.5, 0.6) is 0 Å². The standard InChI is InChI=1S/C14H16F3N3OS/c1-13(5-3-6-21-13)12-18-11(8-10-4-2-7-22-10)19-20(12)9-14(15,16)17/h2,4,7H,3,5-6,8-9H2,1H3/t13-/m0/s1. The van der Waals surface area contributed by atoms with Crippen molar-refractivity contribution in [3.05, 3.63) is 34.0 Å². The minimum atomic E-state index is -4.34. The SMILES string of the molecule is C[C@@]1(c2nc(Cc3cccs3)nn2CC(F)(F)F)CCCO1. The average Bonchev–Trinajstić information content (AvgIpc) is 3.10. The van der Waals surface area contributed by atoms with E-state index in [9.17, 15) is 13.2 Å². The quantitative estimate of drug-likeness (QED) is 0.861. The highest BCUT2D eigenvalue weighted by atomic mass is 32.1. The number of ether oxygens (including phenoxy) is 1. The summed E-state index contributed by atoms with van der Waals surface area (Å²) in [6.07, 6.45) is -2.43. The second-order valence-electron chi connectivity index (χ2n) is 5.56. The van der Waals surface area contributed by atoms with Crippen molar-refractivity contribution in [3.63, 3.8) is 0 Å². The Labute approximate surface area is 129 Å². The molecule has 1 aliphatic rings. The van der Waals surface area contributed by atoms with Gasteiger partial charge in [0.1, 0.15) is 12.1 Å². The maximum atomic E-state index is 12.8.